The van der Waals surface area contributed by atoms with Crippen molar-refractivity contribution in [1.82, 2.24) is 0 Å². The Morgan fingerprint density at radius 1 is 1.33 bits per heavy atom. The number of Topliss-reactive ketones (excluding diaryl/α,β-unsaturated/α-hetero) is 1. The van der Waals surface area contributed by atoms with E-state index in [1.807, 2.05) is 13.8 Å². The van der Waals surface area contributed by atoms with Crippen LogP contribution in [0.5, 0.6) is 0 Å². The molecule has 1 unspecified atom stereocenters. The molecule has 0 saturated heterocycles. The SMILES string of the molecule is CCC(C)CC(=O)c1ccc(F)c(C(F)(F)F)c1. The van der Waals surface area contributed by atoms with Crippen molar-refractivity contribution in [3.63, 3.8) is 0 Å². The summed E-state index contributed by atoms with van der Waals surface area (Å²) >= 11 is 0. The molecule has 0 aliphatic rings. The van der Waals surface area contributed by atoms with E-state index in [4.69, 9.17) is 0 Å². The number of alkyl halides is 3. The number of rotatable bonds is 4. The highest BCUT2D eigenvalue weighted by molar-refractivity contribution is 5.96. The molecule has 5 heteroatoms. The van der Waals surface area contributed by atoms with Gasteiger partial charge in [0.2, 0.25) is 0 Å². The Morgan fingerprint density at radius 3 is 2.44 bits per heavy atom. The maximum absolute atomic E-state index is 13.0. The summed E-state index contributed by atoms with van der Waals surface area (Å²) in [4.78, 5) is 11.7. The number of benzene rings is 1. The average molecular weight is 262 g/mol. The zero-order valence-electron chi connectivity index (χ0n) is 10.1. The molecule has 1 aromatic carbocycles. The molecular formula is C13H14F4O. The highest BCUT2D eigenvalue weighted by atomic mass is 19.4. The van der Waals surface area contributed by atoms with Gasteiger partial charge >= 0.3 is 6.18 Å². The number of hydrogen-bond donors (Lipinski definition) is 0. The first-order chi connectivity index (χ1) is 8.25. The van der Waals surface area contributed by atoms with Crippen molar-refractivity contribution in [1.29, 1.82) is 0 Å². The van der Waals surface area contributed by atoms with Crippen LogP contribution in [0.1, 0.15) is 42.6 Å². The van der Waals surface area contributed by atoms with Crippen LogP contribution in [0, 0.1) is 11.7 Å². The third-order valence-electron chi connectivity index (χ3n) is 2.82. The van der Waals surface area contributed by atoms with E-state index >= 15 is 0 Å². The summed E-state index contributed by atoms with van der Waals surface area (Å²) in [7, 11) is 0. The lowest BCUT2D eigenvalue weighted by atomic mass is 9.96. The summed E-state index contributed by atoms with van der Waals surface area (Å²) in [5.74, 6) is -1.66. The van der Waals surface area contributed by atoms with E-state index in [1.165, 1.54) is 0 Å². The lowest BCUT2D eigenvalue weighted by Crippen LogP contribution is -2.11. The molecule has 1 atom stereocenters. The zero-order valence-corrected chi connectivity index (χ0v) is 10.1. The Labute approximate surface area is 103 Å². The molecule has 0 aromatic heterocycles. The number of ketones is 1. The average Bonchev–Trinajstić information content (AvgIpc) is 2.27. The fourth-order valence-electron chi connectivity index (χ4n) is 1.49. The molecule has 0 saturated carbocycles. The molecule has 0 fully saturated rings. The Hall–Kier alpha value is -1.39. The first-order valence-electron chi connectivity index (χ1n) is 5.65. The van der Waals surface area contributed by atoms with E-state index in [-0.39, 0.29) is 17.9 Å². The predicted molar refractivity (Wildman–Crippen MR) is 59.8 cm³/mol. The second kappa shape index (κ2) is 5.50. The van der Waals surface area contributed by atoms with Gasteiger partial charge in [0, 0.05) is 12.0 Å². The summed E-state index contributed by atoms with van der Waals surface area (Å²) in [6.07, 6.45) is -3.85. The molecule has 1 rings (SSSR count). The first kappa shape index (κ1) is 14.7. The van der Waals surface area contributed by atoms with Crippen LogP contribution in [-0.4, -0.2) is 5.78 Å². The van der Waals surface area contributed by atoms with Crippen molar-refractivity contribution in [2.75, 3.05) is 0 Å². The van der Waals surface area contributed by atoms with E-state index in [9.17, 15) is 22.4 Å². The highest BCUT2D eigenvalue weighted by Crippen LogP contribution is 2.32. The summed E-state index contributed by atoms with van der Waals surface area (Å²) in [5, 5.41) is 0. The number of carbonyl (C=O) groups excluding carboxylic acids is 1. The molecule has 0 bridgehead atoms. The molecule has 0 heterocycles. The summed E-state index contributed by atoms with van der Waals surface area (Å²) in [6.45, 7) is 3.73. The second-order valence-electron chi connectivity index (χ2n) is 4.33. The third-order valence-corrected chi connectivity index (χ3v) is 2.82. The fraction of sp³-hybridized carbons (Fsp3) is 0.462. The number of carbonyl (C=O) groups is 1. The Balaban J connectivity index is 3.02. The van der Waals surface area contributed by atoms with Crippen molar-refractivity contribution in [2.24, 2.45) is 5.92 Å². The molecule has 0 spiro atoms. The summed E-state index contributed by atoms with van der Waals surface area (Å²) in [5.41, 5.74) is -1.48. The van der Waals surface area contributed by atoms with Gasteiger partial charge < -0.3 is 0 Å². The van der Waals surface area contributed by atoms with Gasteiger partial charge in [-0.2, -0.15) is 13.2 Å². The van der Waals surface area contributed by atoms with Gasteiger partial charge in [0.25, 0.3) is 0 Å². The normalized spacial score (nSPS) is 13.4. The number of hydrogen-bond acceptors (Lipinski definition) is 1. The summed E-state index contributed by atoms with van der Waals surface area (Å²) < 4.78 is 50.4. The van der Waals surface area contributed by atoms with E-state index < -0.39 is 23.3 Å². The van der Waals surface area contributed by atoms with Crippen molar-refractivity contribution < 1.29 is 22.4 Å². The summed E-state index contributed by atoms with van der Waals surface area (Å²) in [6, 6.07) is 2.36. The van der Waals surface area contributed by atoms with Crippen LogP contribution < -0.4 is 0 Å². The van der Waals surface area contributed by atoms with Crippen LogP contribution in [0.15, 0.2) is 18.2 Å². The van der Waals surface area contributed by atoms with Crippen molar-refractivity contribution in [3.8, 4) is 0 Å². The zero-order chi connectivity index (χ0) is 13.9. The Kier molecular flexibility index (Phi) is 4.48. The van der Waals surface area contributed by atoms with Crippen molar-refractivity contribution in [3.05, 3.63) is 35.1 Å². The molecule has 0 amide bonds. The largest absolute Gasteiger partial charge is 0.419 e. The smallest absolute Gasteiger partial charge is 0.294 e. The minimum absolute atomic E-state index is 0.0935. The van der Waals surface area contributed by atoms with Gasteiger partial charge in [-0.3, -0.25) is 4.79 Å². The lowest BCUT2D eigenvalue weighted by molar-refractivity contribution is -0.140. The van der Waals surface area contributed by atoms with Gasteiger partial charge in [-0.25, -0.2) is 4.39 Å². The van der Waals surface area contributed by atoms with Gasteiger partial charge in [0.1, 0.15) is 5.82 Å². The van der Waals surface area contributed by atoms with Gasteiger partial charge in [0.15, 0.2) is 5.78 Å². The first-order valence-corrected chi connectivity index (χ1v) is 5.65. The molecule has 1 aromatic rings. The Bertz CT molecular complexity index is 437. The highest BCUT2D eigenvalue weighted by Gasteiger charge is 2.34. The van der Waals surface area contributed by atoms with Gasteiger partial charge in [-0.1, -0.05) is 20.3 Å². The van der Waals surface area contributed by atoms with Crippen LogP contribution in [0.3, 0.4) is 0 Å². The maximum Gasteiger partial charge on any atom is 0.419 e. The molecular weight excluding hydrogens is 248 g/mol. The molecule has 18 heavy (non-hydrogen) atoms. The number of halogens is 4. The van der Waals surface area contributed by atoms with Gasteiger partial charge in [-0.15, -0.1) is 0 Å². The quantitative estimate of drug-likeness (QED) is 0.578. The molecule has 0 radical (unpaired) electrons. The molecule has 100 valence electrons. The lowest BCUT2D eigenvalue weighted by Gasteiger charge is -2.11. The Morgan fingerprint density at radius 2 is 1.94 bits per heavy atom. The van der Waals surface area contributed by atoms with Crippen LogP contribution in [-0.2, 0) is 6.18 Å². The van der Waals surface area contributed by atoms with Gasteiger partial charge in [-0.05, 0) is 24.1 Å². The predicted octanol–water partition coefficient (Wildman–Crippen LogP) is 4.46. The standard InChI is InChI=1S/C13H14F4O/c1-3-8(2)6-12(18)9-4-5-11(14)10(7-9)13(15,16)17/h4-5,7-8H,3,6H2,1-2H3. The van der Waals surface area contributed by atoms with Crippen LogP contribution >= 0.6 is 0 Å². The topological polar surface area (TPSA) is 17.1 Å². The van der Waals surface area contributed by atoms with Crippen LogP contribution in [0.4, 0.5) is 17.6 Å². The van der Waals surface area contributed by atoms with Crippen molar-refractivity contribution >= 4 is 5.78 Å². The van der Waals surface area contributed by atoms with E-state index in [0.717, 1.165) is 12.5 Å². The monoisotopic (exact) mass is 262 g/mol. The van der Waals surface area contributed by atoms with Crippen molar-refractivity contribution in [2.45, 2.75) is 32.9 Å². The molecule has 0 N–H and O–H groups in total. The van der Waals surface area contributed by atoms with E-state index in [1.54, 1.807) is 0 Å². The van der Waals surface area contributed by atoms with E-state index in [2.05, 4.69) is 0 Å². The molecule has 0 aliphatic heterocycles. The second-order valence-corrected chi connectivity index (χ2v) is 4.33. The van der Waals surface area contributed by atoms with E-state index in [0.29, 0.717) is 12.1 Å². The maximum atomic E-state index is 13.0. The minimum Gasteiger partial charge on any atom is -0.294 e. The van der Waals surface area contributed by atoms with Crippen LogP contribution in [0.2, 0.25) is 0 Å². The van der Waals surface area contributed by atoms with Gasteiger partial charge in [0.05, 0.1) is 5.56 Å². The minimum atomic E-state index is -4.78. The fourth-order valence-corrected chi connectivity index (χ4v) is 1.49. The molecule has 0 aliphatic carbocycles. The molecule has 1 nitrogen and oxygen atoms in total. The van der Waals surface area contributed by atoms with Crippen LogP contribution in [0.25, 0.3) is 0 Å². The third kappa shape index (κ3) is 3.55.